The van der Waals surface area contributed by atoms with Crippen LogP contribution in [-0.2, 0) is 0 Å². The largest absolute Gasteiger partial charge is 0.333 e. The average Bonchev–Trinajstić information content (AvgIpc) is 2.00. The maximum atomic E-state index is 11.1. The van der Waals surface area contributed by atoms with Gasteiger partial charge in [-0.15, -0.1) is 6.42 Å². The van der Waals surface area contributed by atoms with Gasteiger partial charge in [-0.1, -0.05) is 12.8 Å². The van der Waals surface area contributed by atoms with Gasteiger partial charge in [0, 0.05) is 5.54 Å². The van der Waals surface area contributed by atoms with E-state index in [-0.39, 0.29) is 18.1 Å². The predicted octanol–water partition coefficient (Wildman–Crippen LogP) is 1.11. The Balaban J connectivity index is 3.78. The molecule has 0 saturated carbocycles. The average molecular weight is 168 g/mol. The number of hydrogen-bond donors (Lipinski definition) is 2. The van der Waals surface area contributed by atoms with Crippen LogP contribution in [0.25, 0.3) is 0 Å². The van der Waals surface area contributed by atoms with E-state index < -0.39 is 0 Å². The number of nitrogens with one attached hydrogen (secondary N) is 2. The monoisotopic (exact) mass is 168 g/mol. The molecule has 68 valence electrons. The SMILES string of the molecule is C#CCNC(=O)NC(C)(C)CC. The van der Waals surface area contributed by atoms with E-state index in [4.69, 9.17) is 6.42 Å². The first-order chi connectivity index (χ1) is 5.52. The van der Waals surface area contributed by atoms with Crippen LogP contribution in [0.1, 0.15) is 27.2 Å². The highest BCUT2D eigenvalue weighted by atomic mass is 16.2. The molecule has 0 rings (SSSR count). The van der Waals surface area contributed by atoms with E-state index in [0.717, 1.165) is 6.42 Å². The molecule has 12 heavy (non-hydrogen) atoms. The van der Waals surface area contributed by atoms with Crippen LogP contribution in [0.15, 0.2) is 0 Å². The summed E-state index contributed by atoms with van der Waals surface area (Å²) in [6.45, 7) is 6.21. The zero-order valence-corrected chi connectivity index (χ0v) is 7.90. The Kier molecular flexibility index (Phi) is 4.20. The van der Waals surface area contributed by atoms with Crippen LogP contribution in [0.4, 0.5) is 4.79 Å². The molecule has 0 aromatic heterocycles. The molecule has 2 N–H and O–H groups in total. The molecule has 0 unspecified atom stereocenters. The molecule has 0 fully saturated rings. The zero-order chi connectivity index (χ0) is 9.61. The van der Waals surface area contributed by atoms with Gasteiger partial charge in [0.15, 0.2) is 0 Å². The summed E-state index contributed by atoms with van der Waals surface area (Å²) in [5.74, 6) is 2.33. The lowest BCUT2D eigenvalue weighted by Gasteiger charge is -2.24. The third-order valence-electron chi connectivity index (χ3n) is 1.69. The number of carbonyl (C=O) groups excluding carboxylic acids is 1. The number of amides is 2. The van der Waals surface area contributed by atoms with Gasteiger partial charge in [0.05, 0.1) is 6.54 Å². The van der Waals surface area contributed by atoms with E-state index in [2.05, 4.69) is 16.6 Å². The summed E-state index contributed by atoms with van der Waals surface area (Å²) >= 11 is 0. The maximum absolute atomic E-state index is 11.1. The van der Waals surface area contributed by atoms with Crippen molar-refractivity contribution in [3.05, 3.63) is 0 Å². The van der Waals surface area contributed by atoms with Gasteiger partial charge in [0.2, 0.25) is 0 Å². The molecule has 0 aliphatic carbocycles. The van der Waals surface area contributed by atoms with Crippen LogP contribution >= 0.6 is 0 Å². The molecular weight excluding hydrogens is 152 g/mol. The van der Waals surface area contributed by atoms with Gasteiger partial charge in [-0.05, 0) is 20.3 Å². The van der Waals surface area contributed by atoms with Crippen molar-refractivity contribution in [2.24, 2.45) is 0 Å². The van der Waals surface area contributed by atoms with E-state index in [1.807, 2.05) is 20.8 Å². The Bertz CT molecular complexity index is 191. The predicted molar refractivity (Wildman–Crippen MR) is 49.7 cm³/mol. The van der Waals surface area contributed by atoms with Crippen molar-refractivity contribution in [3.63, 3.8) is 0 Å². The van der Waals surface area contributed by atoms with Gasteiger partial charge < -0.3 is 10.6 Å². The Hall–Kier alpha value is -1.17. The van der Waals surface area contributed by atoms with Crippen molar-refractivity contribution in [2.75, 3.05) is 6.54 Å². The molecule has 0 bridgehead atoms. The topological polar surface area (TPSA) is 41.1 Å². The molecule has 3 nitrogen and oxygen atoms in total. The van der Waals surface area contributed by atoms with Crippen molar-refractivity contribution < 1.29 is 4.79 Å². The van der Waals surface area contributed by atoms with Crippen molar-refractivity contribution >= 4 is 6.03 Å². The fourth-order valence-corrected chi connectivity index (χ4v) is 0.571. The third-order valence-corrected chi connectivity index (χ3v) is 1.69. The number of rotatable bonds is 3. The van der Waals surface area contributed by atoms with Crippen molar-refractivity contribution in [2.45, 2.75) is 32.7 Å². The normalized spacial score (nSPS) is 10.2. The molecular formula is C9H16N2O. The fraction of sp³-hybridized carbons (Fsp3) is 0.667. The van der Waals surface area contributed by atoms with E-state index in [0.29, 0.717) is 0 Å². The maximum Gasteiger partial charge on any atom is 0.315 e. The number of terminal acetylenes is 1. The van der Waals surface area contributed by atoms with Crippen molar-refractivity contribution in [1.29, 1.82) is 0 Å². The Morgan fingerprint density at radius 1 is 1.58 bits per heavy atom. The van der Waals surface area contributed by atoms with Gasteiger partial charge in [-0.25, -0.2) is 4.79 Å². The molecule has 0 aliphatic rings. The molecule has 0 aliphatic heterocycles. The quantitative estimate of drug-likeness (QED) is 0.609. The van der Waals surface area contributed by atoms with Crippen molar-refractivity contribution in [3.8, 4) is 12.3 Å². The minimum Gasteiger partial charge on any atom is -0.333 e. The summed E-state index contributed by atoms with van der Waals surface area (Å²) in [6.07, 6.45) is 5.87. The minimum absolute atomic E-state index is 0.168. The summed E-state index contributed by atoms with van der Waals surface area (Å²) in [6, 6.07) is -0.209. The second-order valence-electron chi connectivity index (χ2n) is 3.25. The molecule has 0 aromatic carbocycles. The van der Waals surface area contributed by atoms with Crippen LogP contribution in [-0.4, -0.2) is 18.1 Å². The van der Waals surface area contributed by atoms with E-state index in [1.165, 1.54) is 0 Å². The third kappa shape index (κ3) is 4.62. The first kappa shape index (κ1) is 10.8. The Labute approximate surface area is 73.9 Å². The van der Waals surface area contributed by atoms with Gasteiger partial charge in [0.1, 0.15) is 0 Å². The number of carbonyl (C=O) groups is 1. The summed E-state index contributed by atoms with van der Waals surface area (Å²) in [5.41, 5.74) is -0.168. The van der Waals surface area contributed by atoms with Gasteiger partial charge in [-0.2, -0.15) is 0 Å². The molecule has 2 amide bonds. The smallest absolute Gasteiger partial charge is 0.315 e. The van der Waals surface area contributed by atoms with Crippen LogP contribution < -0.4 is 10.6 Å². The zero-order valence-electron chi connectivity index (χ0n) is 7.90. The summed E-state index contributed by atoms with van der Waals surface area (Å²) in [7, 11) is 0. The highest BCUT2D eigenvalue weighted by Gasteiger charge is 2.16. The van der Waals surface area contributed by atoms with Crippen LogP contribution in [0, 0.1) is 12.3 Å². The Morgan fingerprint density at radius 3 is 2.58 bits per heavy atom. The molecule has 0 atom stereocenters. The first-order valence-electron chi connectivity index (χ1n) is 4.01. The highest BCUT2D eigenvalue weighted by Crippen LogP contribution is 2.05. The van der Waals surface area contributed by atoms with Crippen LogP contribution in [0.3, 0.4) is 0 Å². The van der Waals surface area contributed by atoms with E-state index in [9.17, 15) is 4.79 Å². The minimum atomic E-state index is -0.209. The van der Waals surface area contributed by atoms with Crippen LogP contribution in [0.2, 0.25) is 0 Å². The first-order valence-corrected chi connectivity index (χ1v) is 4.01. The number of urea groups is 1. The summed E-state index contributed by atoms with van der Waals surface area (Å²) in [5, 5.41) is 5.33. The lowest BCUT2D eigenvalue weighted by atomic mass is 10.0. The molecule has 3 heteroatoms. The lowest BCUT2D eigenvalue weighted by Crippen LogP contribution is -2.48. The van der Waals surface area contributed by atoms with Gasteiger partial charge in [-0.3, -0.25) is 0 Å². The Morgan fingerprint density at radius 2 is 2.17 bits per heavy atom. The van der Waals surface area contributed by atoms with Gasteiger partial charge >= 0.3 is 6.03 Å². The molecule has 0 saturated heterocycles. The molecule has 0 spiro atoms. The second-order valence-corrected chi connectivity index (χ2v) is 3.25. The summed E-state index contributed by atoms with van der Waals surface area (Å²) < 4.78 is 0. The van der Waals surface area contributed by atoms with Crippen molar-refractivity contribution in [1.82, 2.24) is 10.6 Å². The van der Waals surface area contributed by atoms with Gasteiger partial charge in [0.25, 0.3) is 0 Å². The molecule has 0 radical (unpaired) electrons. The summed E-state index contributed by atoms with van der Waals surface area (Å²) in [4.78, 5) is 11.1. The number of hydrogen-bond acceptors (Lipinski definition) is 1. The lowest BCUT2D eigenvalue weighted by molar-refractivity contribution is 0.230. The molecule has 0 heterocycles. The molecule has 0 aromatic rings. The highest BCUT2D eigenvalue weighted by molar-refractivity contribution is 5.74. The van der Waals surface area contributed by atoms with E-state index >= 15 is 0 Å². The fourth-order valence-electron chi connectivity index (χ4n) is 0.571. The van der Waals surface area contributed by atoms with E-state index in [1.54, 1.807) is 0 Å². The second kappa shape index (κ2) is 4.66. The van der Waals surface area contributed by atoms with Crippen LogP contribution in [0.5, 0.6) is 0 Å². The standard InChI is InChI=1S/C9H16N2O/c1-5-7-10-8(12)11-9(3,4)6-2/h1H,6-7H2,2-4H3,(H2,10,11,12).